The van der Waals surface area contributed by atoms with Crippen molar-refractivity contribution in [3.63, 3.8) is 0 Å². The summed E-state index contributed by atoms with van der Waals surface area (Å²) in [5.74, 6) is -1.25. The van der Waals surface area contributed by atoms with Gasteiger partial charge in [0.05, 0.1) is 5.69 Å². The van der Waals surface area contributed by atoms with Crippen molar-refractivity contribution in [3.8, 4) is 0 Å². The maximum atomic E-state index is 13.8. The monoisotopic (exact) mass is 683 g/mol. The van der Waals surface area contributed by atoms with Crippen LogP contribution in [0, 0.1) is 17.7 Å². The number of fused-ring (bicyclic) bond motifs is 1. The molecule has 0 fully saturated rings. The van der Waals surface area contributed by atoms with Crippen LogP contribution in [0.1, 0.15) is 36.6 Å². The van der Waals surface area contributed by atoms with Gasteiger partial charge in [-0.05, 0) is 24.6 Å². The van der Waals surface area contributed by atoms with Crippen LogP contribution in [0.25, 0.3) is 16.7 Å². The number of rotatable bonds is 5. The number of aliphatic imine (C=N–C) groups is 1. The predicted octanol–water partition coefficient (Wildman–Crippen LogP) is 9.60. The number of hydrogen-bond acceptors (Lipinski definition) is 1. The van der Waals surface area contributed by atoms with Crippen LogP contribution in [0.3, 0.4) is 0 Å². The third kappa shape index (κ3) is 8.07. The molecule has 38 heavy (non-hydrogen) atoms. The summed E-state index contributed by atoms with van der Waals surface area (Å²) in [6.07, 6.45) is 5.50. The Balaban J connectivity index is 0.000000205. The molecule has 3 nitrogen and oxygen atoms in total. The minimum absolute atomic E-state index is 0. The maximum absolute atomic E-state index is 13.8. The fourth-order valence-corrected chi connectivity index (χ4v) is 3.88. The third-order valence-corrected chi connectivity index (χ3v) is 5.48. The zero-order valence-electron chi connectivity index (χ0n) is 21.0. The molecule has 0 saturated heterocycles. The fraction of sp³-hybridized carbons (Fsp3) is 0.0938. The first-order chi connectivity index (χ1) is 18.0. The quantitative estimate of drug-likeness (QED) is 0.149. The van der Waals surface area contributed by atoms with E-state index in [0.29, 0.717) is 0 Å². The molecular formula is C32H26F2IrN3. The number of benzene rings is 4. The van der Waals surface area contributed by atoms with E-state index in [1.165, 1.54) is 0 Å². The van der Waals surface area contributed by atoms with Crippen molar-refractivity contribution >= 4 is 23.2 Å². The number of halogens is 2. The van der Waals surface area contributed by atoms with Gasteiger partial charge in [-0.2, -0.15) is 18.0 Å². The molecule has 0 aliphatic carbocycles. The minimum Gasteiger partial charge on any atom is -0.682 e. The van der Waals surface area contributed by atoms with Crippen molar-refractivity contribution in [1.82, 2.24) is 0 Å². The summed E-state index contributed by atoms with van der Waals surface area (Å²) in [6.45, 7) is 3.97. The number of allylic oxidation sites excluding steroid dienone is 2. The van der Waals surface area contributed by atoms with Crippen molar-refractivity contribution in [2.75, 3.05) is 0 Å². The van der Waals surface area contributed by atoms with E-state index in [2.05, 4.69) is 21.7 Å². The van der Waals surface area contributed by atoms with Crippen LogP contribution in [-0.4, -0.2) is 5.71 Å². The zero-order chi connectivity index (χ0) is 26.0. The van der Waals surface area contributed by atoms with E-state index in [0.717, 1.165) is 46.0 Å². The topological polar surface area (TPSA) is 40.6 Å². The number of para-hydroxylation sites is 2. The largest absolute Gasteiger partial charge is 3.00 e. The van der Waals surface area contributed by atoms with Gasteiger partial charge in [0, 0.05) is 17.3 Å². The maximum Gasteiger partial charge on any atom is 3.00 e. The third-order valence-electron chi connectivity index (χ3n) is 5.48. The summed E-state index contributed by atoms with van der Waals surface area (Å²) >= 11 is 0. The molecule has 192 valence electrons. The van der Waals surface area contributed by atoms with Gasteiger partial charge in [-0.25, -0.2) is 0 Å². The molecular weight excluding hydrogens is 657 g/mol. The average Bonchev–Trinajstić information content (AvgIpc) is 2.90. The first-order valence-corrected chi connectivity index (χ1v) is 11.9. The summed E-state index contributed by atoms with van der Waals surface area (Å²) in [6, 6.07) is 31.7. The van der Waals surface area contributed by atoms with Crippen LogP contribution >= 0.6 is 0 Å². The van der Waals surface area contributed by atoms with Gasteiger partial charge >= 0.3 is 20.1 Å². The Kier molecular flexibility index (Phi) is 10.7. The molecule has 0 saturated carbocycles. The van der Waals surface area contributed by atoms with Gasteiger partial charge in [0.15, 0.2) is 0 Å². The van der Waals surface area contributed by atoms with Crippen LogP contribution < -0.4 is 0 Å². The van der Waals surface area contributed by atoms with Crippen molar-refractivity contribution in [1.29, 1.82) is 0 Å². The van der Waals surface area contributed by atoms with Crippen molar-refractivity contribution in [3.05, 3.63) is 160 Å². The van der Waals surface area contributed by atoms with Crippen molar-refractivity contribution in [2.45, 2.75) is 19.9 Å². The van der Waals surface area contributed by atoms with Crippen molar-refractivity contribution in [2.24, 2.45) is 4.99 Å². The standard InChI is InChI=1S/C17H17N2.C15H9F2N.Ir/c1-14(18-16-9-5-3-6-10-16)13-15(2)19-17-11-7-4-8-12-17;16-11-5-6-13(14(17)9-11)15-12-4-2-1-3-10(12)7-8-18-15;/h3-13H,1-2H3;1-5,7-9,15H;/q-1;-2;+3/b14-13-,19-15?;;. The van der Waals surface area contributed by atoms with Crippen LogP contribution in [0.15, 0.2) is 120 Å². The molecule has 4 aromatic rings. The molecule has 1 atom stereocenters. The second-order valence-corrected chi connectivity index (χ2v) is 8.40. The Morgan fingerprint density at radius 3 is 2.29 bits per heavy atom. The van der Waals surface area contributed by atoms with Crippen LogP contribution in [-0.2, 0) is 20.1 Å². The Labute approximate surface area is 236 Å². The first kappa shape index (κ1) is 28.7. The Hall–Kier alpha value is -3.86. The summed E-state index contributed by atoms with van der Waals surface area (Å²) in [4.78, 5) is 4.52. The van der Waals surface area contributed by atoms with Gasteiger partial charge in [-0.3, -0.25) is 13.8 Å². The van der Waals surface area contributed by atoms with E-state index < -0.39 is 17.7 Å². The molecule has 0 aromatic heterocycles. The average molecular weight is 683 g/mol. The zero-order valence-corrected chi connectivity index (χ0v) is 23.4. The predicted molar refractivity (Wildman–Crippen MR) is 148 cm³/mol. The normalized spacial score (nSPS) is 14.3. The van der Waals surface area contributed by atoms with Crippen molar-refractivity contribution < 1.29 is 28.9 Å². The summed E-state index contributed by atoms with van der Waals surface area (Å²) in [5, 5.41) is 8.78. The van der Waals surface area contributed by atoms with E-state index in [4.69, 9.17) is 0 Å². The number of hydrogen-bond donors (Lipinski definition) is 0. The molecule has 1 heterocycles. The van der Waals surface area contributed by atoms with Gasteiger partial charge in [-0.15, -0.1) is 23.4 Å². The van der Waals surface area contributed by atoms with Crippen LogP contribution in [0.5, 0.6) is 0 Å². The molecule has 0 bridgehead atoms. The van der Waals surface area contributed by atoms with E-state index >= 15 is 0 Å². The molecule has 4 aromatic carbocycles. The molecule has 0 amide bonds. The smallest absolute Gasteiger partial charge is 0.682 e. The van der Waals surface area contributed by atoms with Gasteiger partial charge < -0.3 is 10.6 Å². The molecule has 5 rings (SSSR count). The molecule has 1 aliphatic heterocycles. The second kappa shape index (κ2) is 14.2. The second-order valence-electron chi connectivity index (χ2n) is 8.40. The van der Waals surface area contributed by atoms with E-state index in [1.807, 2.05) is 111 Å². The minimum atomic E-state index is -0.629. The molecule has 0 spiro atoms. The van der Waals surface area contributed by atoms with Gasteiger partial charge in [0.1, 0.15) is 0 Å². The van der Waals surface area contributed by atoms with Gasteiger partial charge in [-0.1, -0.05) is 103 Å². The van der Waals surface area contributed by atoms with E-state index in [1.54, 1.807) is 6.20 Å². The fourth-order valence-electron chi connectivity index (χ4n) is 3.88. The van der Waals surface area contributed by atoms with Gasteiger partial charge in [0.2, 0.25) is 0 Å². The van der Waals surface area contributed by atoms with Crippen LogP contribution in [0.4, 0.5) is 20.2 Å². The Morgan fingerprint density at radius 1 is 0.921 bits per heavy atom. The molecule has 1 unspecified atom stereocenters. The summed E-state index contributed by atoms with van der Waals surface area (Å²) in [7, 11) is 0. The SMILES string of the molecule is CC(/C=C(/C)[N-]c1ccccc1)=Nc1ccccc1.Fc1c[c-]c(C2[N-]C=Cc3ccccc32)c(F)c1.[Ir+3]. The van der Waals surface area contributed by atoms with E-state index in [9.17, 15) is 8.78 Å². The number of nitrogens with zero attached hydrogens (tertiary/aromatic N) is 3. The van der Waals surface area contributed by atoms with E-state index in [-0.39, 0.29) is 25.7 Å². The first-order valence-electron chi connectivity index (χ1n) is 11.9. The molecule has 1 aliphatic rings. The molecule has 0 N–H and O–H groups in total. The summed E-state index contributed by atoms with van der Waals surface area (Å²) in [5.41, 5.74) is 5.99. The Bertz CT molecular complexity index is 1420. The van der Waals surface area contributed by atoms with Crippen LogP contribution in [0.2, 0.25) is 0 Å². The Morgan fingerprint density at radius 2 is 1.58 bits per heavy atom. The molecule has 0 radical (unpaired) electrons. The summed E-state index contributed by atoms with van der Waals surface area (Å²) < 4.78 is 26.7. The molecule has 6 heteroatoms. The van der Waals surface area contributed by atoms with Gasteiger partial charge in [0.25, 0.3) is 0 Å².